The summed E-state index contributed by atoms with van der Waals surface area (Å²) in [5.41, 5.74) is 2.40. The maximum Gasteiger partial charge on any atom is 0.340 e. The molecule has 0 bridgehead atoms. The molecule has 0 spiro atoms. The van der Waals surface area contributed by atoms with Gasteiger partial charge in [0.15, 0.2) is 0 Å². The van der Waals surface area contributed by atoms with Crippen LogP contribution < -0.4 is 0 Å². The lowest BCUT2D eigenvalue weighted by Crippen LogP contribution is -2.09. The van der Waals surface area contributed by atoms with Crippen LogP contribution in [0.1, 0.15) is 40.2 Å². The van der Waals surface area contributed by atoms with Crippen molar-refractivity contribution < 1.29 is 14.3 Å². The summed E-state index contributed by atoms with van der Waals surface area (Å²) in [4.78, 5) is 22.0. The standard InChI is InChI=1S/C15H18N2O3S/c1-4-20-15(18)11-6-16-14-13(17-8(2)21-14)12(11)10-5-9(10)7-19-3/h6,9-10H,4-5,7H2,1-3H3/t9-,10+/m0/s1. The fourth-order valence-electron chi connectivity index (χ4n) is 2.75. The molecule has 0 aliphatic heterocycles. The summed E-state index contributed by atoms with van der Waals surface area (Å²) < 4.78 is 10.4. The zero-order valence-corrected chi connectivity index (χ0v) is 13.2. The van der Waals surface area contributed by atoms with E-state index in [1.54, 1.807) is 31.6 Å². The van der Waals surface area contributed by atoms with Gasteiger partial charge in [-0.25, -0.2) is 14.8 Å². The third-order valence-corrected chi connectivity index (χ3v) is 4.62. The fraction of sp³-hybridized carbons (Fsp3) is 0.533. The van der Waals surface area contributed by atoms with Gasteiger partial charge < -0.3 is 9.47 Å². The Hall–Kier alpha value is -1.53. The van der Waals surface area contributed by atoms with Gasteiger partial charge in [-0.15, -0.1) is 0 Å². The number of hydrogen-bond acceptors (Lipinski definition) is 6. The van der Waals surface area contributed by atoms with E-state index in [4.69, 9.17) is 9.47 Å². The maximum atomic E-state index is 12.2. The molecule has 0 N–H and O–H groups in total. The number of pyridine rings is 1. The van der Waals surface area contributed by atoms with Crippen molar-refractivity contribution in [2.45, 2.75) is 26.2 Å². The number of thiazole rings is 1. The normalized spacial score (nSPS) is 20.7. The first-order valence-electron chi connectivity index (χ1n) is 7.07. The fourth-order valence-corrected chi connectivity index (χ4v) is 3.52. The van der Waals surface area contributed by atoms with E-state index in [0.29, 0.717) is 30.6 Å². The van der Waals surface area contributed by atoms with Crippen LogP contribution in [-0.2, 0) is 9.47 Å². The van der Waals surface area contributed by atoms with Gasteiger partial charge in [0.1, 0.15) is 10.3 Å². The summed E-state index contributed by atoms with van der Waals surface area (Å²) in [7, 11) is 1.71. The molecule has 0 saturated heterocycles. The van der Waals surface area contributed by atoms with Gasteiger partial charge in [-0.05, 0) is 32.1 Å². The van der Waals surface area contributed by atoms with Crippen LogP contribution in [-0.4, -0.2) is 36.3 Å². The van der Waals surface area contributed by atoms with Crippen molar-refractivity contribution in [3.63, 3.8) is 0 Å². The molecule has 2 aromatic heterocycles. The van der Waals surface area contributed by atoms with Gasteiger partial charge >= 0.3 is 5.97 Å². The van der Waals surface area contributed by atoms with Gasteiger partial charge in [-0.3, -0.25) is 0 Å². The molecule has 0 radical (unpaired) electrons. The number of aryl methyl sites for hydroxylation is 1. The Balaban J connectivity index is 2.07. The summed E-state index contributed by atoms with van der Waals surface area (Å²) >= 11 is 1.55. The zero-order chi connectivity index (χ0) is 15.0. The largest absolute Gasteiger partial charge is 0.462 e. The molecule has 0 amide bonds. The minimum absolute atomic E-state index is 0.310. The van der Waals surface area contributed by atoms with Crippen LogP contribution in [0.2, 0.25) is 0 Å². The third-order valence-electron chi connectivity index (χ3n) is 3.74. The highest BCUT2D eigenvalue weighted by Crippen LogP contribution is 2.50. The van der Waals surface area contributed by atoms with E-state index < -0.39 is 0 Å². The maximum absolute atomic E-state index is 12.2. The van der Waals surface area contributed by atoms with Crippen LogP contribution in [0, 0.1) is 12.8 Å². The van der Waals surface area contributed by atoms with E-state index in [2.05, 4.69) is 9.97 Å². The van der Waals surface area contributed by atoms with Crippen LogP contribution in [0.4, 0.5) is 0 Å². The van der Waals surface area contributed by atoms with Crippen LogP contribution in [0.5, 0.6) is 0 Å². The average molecular weight is 306 g/mol. The first-order valence-corrected chi connectivity index (χ1v) is 7.89. The summed E-state index contributed by atoms with van der Waals surface area (Å²) in [6.07, 6.45) is 2.66. The molecule has 5 nitrogen and oxygen atoms in total. The lowest BCUT2D eigenvalue weighted by atomic mass is 10.0. The molecule has 1 aliphatic carbocycles. The van der Waals surface area contributed by atoms with Gasteiger partial charge in [0.05, 0.1) is 17.2 Å². The number of esters is 1. The lowest BCUT2D eigenvalue weighted by molar-refractivity contribution is 0.0524. The Bertz CT molecular complexity index is 683. The van der Waals surface area contributed by atoms with Crippen molar-refractivity contribution in [1.29, 1.82) is 0 Å². The van der Waals surface area contributed by atoms with E-state index in [1.165, 1.54) is 0 Å². The minimum atomic E-state index is -0.310. The van der Waals surface area contributed by atoms with Gasteiger partial charge in [0.25, 0.3) is 0 Å². The van der Waals surface area contributed by atoms with Gasteiger partial charge in [-0.1, -0.05) is 11.3 Å². The molecule has 6 heteroatoms. The highest BCUT2D eigenvalue weighted by Gasteiger charge is 2.42. The predicted octanol–water partition coefficient (Wildman–Crippen LogP) is 2.93. The molecular formula is C15H18N2O3S. The zero-order valence-electron chi connectivity index (χ0n) is 12.4. The van der Waals surface area contributed by atoms with Crippen LogP contribution in [0.25, 0.3) is 10.3 Å². The van der Waals surface area contributed by atoms with Crippen LogP contribution >= 0.6 is 11.3 Å². The summed E-state index contributed by atoms with van der Waals surface area (Å²) in [5.74, 6) is 0.461. The highest BCUT2D eigenvalue weighted by atomic mass is 32.1. The predicted molar refractivity (Wildman–Crippen MR) is 80.8 cm³/mol. The second-order valence-corrected chi connectivity index (χ2v) is 6.43. The second-order valence-electron chi connectivity index (χ2n) is 5.25. The Morgan fingerprint density at radius 1 is 1.52 bits per heavy atom. The highest BCUT2D eigenvalue weighted by molar-refractivity contribution is 7.18. The molecule has 0 unspecified atom stereocenters. The molecule has 1 fully saturated rings. The summed E-state index contributed by atoms with van der Waals surface area (Å²) in [5, 5.41) is 0.962. The number of ether oxygens (including phenoxy) is 2. The van der Waals surface area contributed by atoms with Crippen LogP contribution in [0.15, 0.2) is 6.20 Å². The molecule has 112 valence electrons. The number of fused-ring (bicyclic) bond motifs is 1. The Morgan fingerprint density at radius 3 is 3.05 bits per heavy atom. The van der Waals surface area contributed by atoms with Gasteiger partial charge in [0, 0.05) is 25.5 Å². The van der Waals surface area contributed by atoms with Crippen molar-refractivity contribution in [2.75, 3.05) is 20.3 Å². The molecule has 1 saturated carbocycles. The third kappa shape index (κ3) is 2.65. The molecule has 0 aromatic carbocycles. The SMILES string of the molecule is CCOC(=O)c1cnc2sc(C)nc2c1[C@@H]1C[C@H]1COC. The van der Waals surface area contributed by atoms with E-state index in [0.717, 1.165) is 27.3 Å². The van der Waals surface area contributed by atoms with Gasteiger partial charge in [0.2, 0.25) is 0 Å². The lowest BCUT2D eigenvalue weighted by Gasteiger charge is -2.09. The molecule has 2 aromatic rings. The van der Waals surface area contributed by atoms with Gasteiger partial charge in [-0.2, -0.15) is 0 Å². The monoisotopic (exact) mass is 306 g/mol. The molecule has 2 atom stereocenters. The van der Waals surface area contributed by atoms with E-state index >= 15 is 0 Å². The van der Waals surface area contributed by atoms with Crippen molar-refractivity contribution in [3.8, 4) is 0 Å². The van der Waals surface area contributed by atoms with E-state index in [1.807, 2.05) is 6.92 Å². The summed E-state index contributed by atoms with van der Waals surface area (Å²) in [6.45, 7) is 4.83. The molecule has 2 heterocycles. The number of rotatable bonds is 5. The van der Waals surface area contributed by atoms with Crippen molar-refractivity contribution in [3.05, 3.63) is 22.3 Å². The summed E-state index contributed by atoms with van der Waals surface area (Å²) in [6, 6.07) is 0. The van der Waals surface area contributed by atoms with E-state index in [-0.39, 0.29) is 5.97 Å². The number of carbonyl (C=O) groups is 1. The number of hydrogen-bond donors (Lipinski definition) is 0. The first kappa shape index (κ1) is 14.4. The van der Waals surface area contributed by atoms with Crippen molar-refractivity contribution >= 4 is 27.7 Å². The van der Waals surface area contributed by atoms with Crippen LogP contribution in [0.3, 0.4) is 0 Å². The number of nitrogens with zero attached hydrogens (tertiary/aromatic N) is 2. The Kier molecular flexibility index (Phi) is 3.91. The molecule has 21 heavy (non-hydrogen) atoms. The Morgan fingerprint density at radius 2 is 2.33 bits per heavy atom. The van der Waals surface area contributed by atoms with Crippen molar-refractivity contribution in [2.24, 2.45) is 5.92 Å². The molecule has 3 rings (SSSR count). The first-order chi connectivity index (χ1) is 10.2. The van der Waals surface area contributed by atoms with E-state index in [9.17, 15) is 4.79 Å². The quantitative estimate of drug-likeness (QED) is 0.795. The smallest absolute Gasteiger partial charge is 0.340 e. The van der Waals surface area contributed by atoms with Crippen molar-refractivity contribution in [1.82, 2.24) is 9.97 Å². The average Bonchev–Trinajstić information content (AvgIpc) is 3.09. The number of aromatic nitrogens is 2. The topological polar surface area (TPSA) is 61.3 Å². The second kappa shape index (κ2) is 5.69. The number of carbonyl (C=O) groups excluding carboxylic acids is 1. The Labute approximate surface area is 127 Å². The minimum Gasteiger partial charge on any atom is -0.462 e. The molecule has 1 aliphatic rings. The number of methoxy groups -OCH3 is 1. The molecular weight excluding hydrogens is 288 g/mol.